The van der Waals surface area contributed by atoms with E-state index in [9.17, 15) is 4.79 Å². The van der Waals surface area contributed by atoms with Crippen LogP contribution in [0.15, 0.2) is 18.5 Å². The highest BCUT2D eigenvalue weighted by Gasteiger charge is 2.10. The number of H-pyrrole nitrogens is 1. The van der Waals surface area contributed by atoms with Crippen LogP contribution in [0.4, 0.5) is 0 Å². The molecule has 0 fully saturated rings. The molecule has 2 aromatic rings. The SMILES string of the molecule is Cc1nccc(CNC(=O)c2cn[nH]c2C)n1. The Labute approximate surface area is 98.5 Å². The fourth-order valence-corrected chi connectivity index (χ4v) is 1.45. The summed E-state index contributed by atoms with van der Waals surface area (Å²) in [6, 6.07) is 1.77. The maximum Gasteiger partial charge on any atom is 0.255 e. The van der Waals surface area contributed by atoms with E-state index in [4.69, 9.17) is 0 Å². The number of aromatic nitrogens is 4. The number of amides is 1. The lowest BCUT2D eigenvalue weighted by Crippen LogP contribution is -2.23. The Bertz CT molecular complexity index is 534. The summed E-state index contributed by atoms with van der Waals surface area (Å²) in [4.78, 5) is 20.0. The van der Waals surface area contributed by atoms with Gasteiger partial charge in [-0.2, -0.15) is 5.10 Å². The van der Waals surface area contributed by atoms with Crippen LogP contribution < -0.4 is 5.32 Å². The molecule has 2 N–H and O–H groups in total. The summed E-state index contributed by atoms with van der Waals surface area (Å²) in [5.74, 6) is 0.531. The number of nitrogens with zero attached hydrogens (tertiary/aromatic N) is 3. The molecule has 17 heavy (non-hydrogen) atoms. The molecule has 2 aromatic heterocycles. The molecule has 6 heteroatoms. The maximum absolute atomic E-state index is 11.8. The second-order valence-corrected chi connectivity index (χ2v) is 3.69. The van der Waals surface area contributed by atoms with E-state index in [0.717, 1.165) is 11.4 Å². The number of carbonyl (C=O) groups is 1. The molecule has 0 aromatic carbocycles. The van der Waals surface area contributed by atoms with E-state index in [2.05, 4.69) is 25.5 Å². The summed E-state index contributed by atoms with van der Waals surface area (Å²) in [5.41, 5.74) is 2.09. The number of aryl methyl sites for hydroxylation is 2. The van der Waals surface area contributed by atoms with Gasteiger partial charge in [-0.15, -0.1) is 0 Å². The van der Waals surface area contributed by atoms with E-state index in [1.54, 1.807) is 19.2 Å². The van der Waals surface area contributed by atoms with Gasteiger partial charge in [0.25, 0.3) is 5.91 Å². The minimum Gasteiger partial charge on any atom is -0.346 e. The lowest BCUT2D eigenvalue weighted by molar-refractivity contribution is 0.0950. The van der Waals surface area contributed by atoms with Crippen LogP contribution in [0, 0.1) is 13.8 Å². The zero-order valence-electron chi connectivity index (χ0n) is 9.69. The van der Waals surface area contributed by atoms with Crippen LogP contribution in [0.2, 0.25) is 0 Å². The Kier molecular flexibility index (Phi) is 3.13. The van der Waals surface area contributed by atoms with E-state index in [-0.39, 0.29) is 5.91 Å². The number of carbonyl (C=O) groups excluding carboxylic acids is 1. The van der Waals surface area contributed by atoms with Crippen molar-refractivity contribution in [2.45, 2.75) is 20.4 Å². The van der Waals surface area contributed by atoms with Crippen LogP contribution in [0.25, 0.3) is 0 Å². The minimum atomic E-state index is -0.160. The number of hydrogen-bond acceptors (Lipinski definition) is 4. The highest BCUT2D eigenvalue weighted by molar-refractivity contribution is 5.94. The first-order valence-electron chi connectivity index (χ1n) is 5.23. The molecule has 0 radical (unpaired) electrons. The number of hydrogen-bond donors (Lipinski definition) is 2. The monoisotopic (exact) mass is 231 g/mol. The molecule has 2 heterocycles. The summed E-state index contributed by atoms with van der Waals surface area (Å²) in [6.07, 6.45) is 3.18. The topological polar surface area (TPSA) is 83.6 Å². The number of nitrogens with one attached hydrogen (secondary N) is 2. The number of aromatic amines is 1. The van der Waals surface area contributed by atoms with Crippen molar-refractivity contribution in [2.75, 3.05) is 0 Å². The molecule has 1 amide bonds. The lowest BCUT2D eigenvalue weighted by Gasteiger charge is -2.04. The molecule has 0 unspecified atom stereocenters. The Balaban J connectivity index is 1.99. The Morgan fingerprint density at radius 1 is 1.47 bits per heavy atom. The summed E-state index contributed by atoms with van der Waals surface area (Å²) in [7, 11) is 0. The fourth-order valence-electron chi connectivity index (χ4n) is 1.45. The van der Waals surface area contributed by atoms with Crippen molar-refractivity contribution in [3.05, 3.63) is 41.2 Å². The summed E-state index contributed by atoms with van der Waals surface area (Å²) in [5, 5.41) is 9.30. The van der Waals surface area contributed by atoms with Gasteiger partial charge in [0.1, 0.15) is 5.82 Å². The average Bonchev–Trinajstić information content (AvgIpc) is 2.72. The third-order valence-electron chi connectivity index (χ3n) is 2.34. The van der Waals surface area contributed by atoms with Crippen LogP contribution in [0.3, 0.4) is 0 Å². The first kappa shape index (κ1) is 11.3. The zero-order chi connectivity index (χ0) is 12.3. The third kappa shape index (κ3) is 2.66. The minimum absolute atomic E-state index is 0.160. The van der Waals surface area contributed by atoms with Crippen LogP contribution in [0.5, 0.6) is 0 Å². The van der Waals surface area contributed by atoms with Crippen molar-refractivity contribution in [1.82, 2.24) is 25.5 Å². The van der Waals surface area contributed by atoms with Gasteiger partial charge in [-0.25, -0.2) is 9.97 Å². The zero-order valence-corrected chi connectivity index (χ0v) is 9.69. The normalized spacial score (nSPS) is 10.2. The quantitative estimate of drug-likeness (QED) is 0.816. The van der Waals surface area contributed by atoms with Crippen molar-refractivity contribution in [1.29, 1.82) is 0 Å². The Hall–Kier alpha value is -2.24. The molecule has 0 aliphatic rings. The smallest absolute Gasteiger partial charge is 0.255 e. The molecule has 88 valence electrons. The fraction of sp³-hybridized carbons (Fsp3) is 0.273. The summed E-state index contributed by atoms with van der Waals surface area (Å²) in [6.45, 7) is 4.00. The van der Waals surface area contributed by atoms with Gasteiger partial charge in [-0.3, -0.25) is 9.89 Å². The van der Waals surface area contributed by atoms with Crippen LogP contribution in [0.1, 0.15) is 27.6 Å². The van der Waals surface area contributed by atoms with Gasteiger partial charge in [0.15, 0.2) is 0 Å². The van der Waals surface area contributed by atoms with Gasteiger partial charge in [-0.1, -0.05) is 0 Å². The predicted octanol–water partition coefficient (Wildman–Crippen LogP) is 0.747. The van der Waals surface area contributed by atoms with Crippen molar-refractivity contribution < 1.29 is 4.79 Å². The van der Waals surface area contributed by atoms with Crippen LogP contribution >= 0.6 is 0 Å². The van der Waals surface area contributed by atoms with E-state index >= 15 is 0 Å². The molecule has 0 aliphatic carbocycles. The van der Waals surface area contributed by atoms with Crippen LogP contribution in [-0.4, -0.2) is 26.1 Å². The van der Waals surface area contributed by atoms with Gasteiger partial charge in [0.2, 0.25) is 0 Å². The third-order valence-corrected chi connectivity index (χ3v) is 2.34. The van der Waals surface area contributed by atoms with E-state index < -0.39 is 0 Å². The molecule has 0 saturated heterocycles. The van der Waals surface area contributed by atoms with Gasteiger partial charge in [0.05, 0.1) is 24.0 Å². The van der Waals surface area contributed by atoms with E-state index in [1.165, 1.54) is 6.20 Å². The van der Waals surface area contributed by atoms with Crippen molar-refractivity contribution in [2.24, 2.45) is 0 Å². The Morgan fingerprint density at radius 3 is 2.94 bits per heavy atom. The molecular formula is C11H13N5O. The highest BCUT2D eigenvalue weighted by Crippen LogP contribution is 2.02. The second kappa shape index (κ2) is 4.73. The molecular weight excluding hydrogens is 218 g/mol. The first-order chi connectivity index (χ1) is 8.16. The van der Waals surface area contributed by atoms with Crippen molar-refractivity contribution >= 4 is 5.91 Å². The van der Waals surface area contributed by atoms with Gasteiger partial charge >= 0.3 is 0 Å². The molecule has 0 aliphatic heterocycles. The van der Waals surface area contributed by atoms with E-state index in [0.29, 0.717) is 17.9 Å². The molecule has 0 saturated carbocycles. The molecule has 0 spiro atoms. The Morgan fingerprint density at radius 2 is 2.29 bits per heavy atom. The van der Waals surface area contributed by atoms with Crippen LogP contribution in [-0.2, 0) is 6.54 Å². The van der Waals surface area contributed by atoms with Gasteiger partial charge in [0, 0.05) is 11.9 Å². The van der Waals surface area contributed by atoms with Crippen molar-refractivity contribution in [3.63, 3.8) is 0 Å². The lowest BCUT2D eigenvalue weighted by atomic mass is 10.2. The standard InChI is InChI=1S/C11H13N5O/c1-7-10(6-14-16-7)11(17)13-5-9-3-4-12-8(2)15-9/h3-4,6H,5H2,1-2H3,(H,13,17)(H,14,16). The molecule has 2 rings (SSSR count). The average molecular weight is 231 g/mol. The molecule has 0 atom stereocenters. The number of rotatable bonds is 3. The second-order valence-electron chi connectivity index (χ2n) is 3.69. The first-order valence-corrected chi connectivity index (χ1v) is 5.23. The van der Waals surface area contributed by atoms with Crippen molar-refractivity contribution in [3.8, 4) is 0 Å². The summed E-state index contributed by atoms with van der Waals surface area (Å²) < 4.78 is 0. The van der Waals surface area contributed by atoms with Gasteiger partial charge in [-0.05, 0) is 19.9 Å². The molecule has 0 bridgehead atoms. The van der Waals surface area contributed by atoms with Gasteiger partial charge < -0.3 is 5.32 Å². The highest BCUT2D eigenvalue weighted by atomic mass is 16.1. The predicted molar refractivity (Wildman–Crippen MR) is 61.3 cm³/mol. The maximum atomic E-state index is 11.8. The summed E-state index contributed by atoms with van der Waals surface area (Å²) >= 11 is 0. The largest absolute Gasteiger partial charge is 0.346 e. The molecule has 6 nitrogen and oxygen atoms in total. The van der Waals surface area contributed by atoms with E-state index in [1.807, 2.05) is 6.92 Å².